The highest BCUT2D eigenvalue weighted by Gasteiger charge is 2.23. The molecule has 112 valence electrons. The van der Waals surface area contributed by atoms with Crippen LogP contribution < -0.4 is 0 Å². The summed E-state index contributed by atoms with van der Waals surface area (Å²) in [5, 5.41) is 0. The van der Waals surface area contributed by atoms with Gasteiger partial charge in [-0.2, -0.15) is 0 Å². The van der Waals surface area contributed by atoms with Gasteiger partial charge in [-0.3, -0.25) is 0 Å². The SMILES string of the molecule is CC(C)(C)c1ccc(CS(=O)(=O)CC2CCCO2)cc1. The number of sulfone groups is 1. The van der Waals surface area contributed by atoms with Crippen molar-refractivity contribution in [1.29, 1.82) is 0 Å². The molecule has 1 aromatic rings. The summed E-state index contributed by atoms with van der Waals surface area (Å²) in [6, 6.07) is 7.90. The zero-order valence-corrected chi connectivity index (χ0v) is 13.4. The molecule has 1 fully saturated rings. The first-order chi connectivity index (χ1) is 9.26. The number of benzene rings is 1. The molecule has 0 aromatic heterocycles. The van der Waals surface area contributed by atoms with Gasteiger partial charge in [0.25, 0.3) is 0 Å². The molecule has 0 saturated carbocycles. The van der Waals surface area contributed by atoms with E-state index < -0.39 is 9.84 Å². The van der Waals surface area contributed by atoms with Crippen LogP contribution in [0, 0.1) is 0 Å². The van der Waals surface area contributed by atoms with E-state index >= 15 is 0 Å². The lowest BCUT2D eigenvalue weighted by Crippen LogP contribution is -2.21. The zero-order chi connectivity index (χ0) is 14.8. The molecule has 20 heavy (non-hydrogen) atoms. The van der Waals surface area contributed by atoms with Crippen molar-refractivity contribution >= 4 is 9.84 Å². The van der Waals surface area contributed by atoms with Crippen LogP contribution in [0.15, 0.2) is 24.3 Å². The van der Waals surface area contributed by atoms with Crippen LogP contribution in [0.3, 0.4) is 0 Å². The molecule has 0 aliphatic carbocycles. The fourth-order valence-electron chi connectivity index (χ4n) is 2.47. The largest absolute Gasteiger partial charge is 0.377 e. The van der Waals surface area contributed by atoms with E-state index in [1.807, 2.05) is 24.3 Å². The van der Waals surface area contributed by atoms with Crippen molar-refractivity contribution in [3.8, 4) is 0 Å². The molecule has 4 heteroatoms. The molecule has 0 spiro atoms. The lowest BCUT2D eigenvalue weighted by Gasteiger charge is -2.19. The van der Waals surface area contributed by atoms with Crippen molar-refractivity contribution in [3.63, 3.8) is 0 Å². The van der Waals surface area contributed by atoms with Crippen LogP contribution in [0.5, 0.6) is 0 Å². The van der Waals surface area contributed by atoms with Crippen LogP contribution in [-0.2, 0) is 25.7 Å². The summed E-state index contributed by atoms with van der Waals surface area (Å²) in [6.45, 7) is 7.14. The van der Waals surface area contributed by atoms with E-state index in [4.69, 9.17) is 4.74 Å². The minimum atomic E-state index is -3.09. The van der Waals surface area contributed by atoms with E-state index in [1.165, 1.54) is 5.56 Å². The Balaban J connectivity index is 2.01. The summed E-state index contributed by atoms with van der Waals surface area (Å²) in [7, 11) is -3.09. The first-order valence-corrected chi connectivity index (χ1v) is 9.00. The van der Waals surface area contributed by atoms with Crippen molar-refractivity contribution < 1.29 is 13.2 Å². The van der Waals surface area contributed by atoms with Crippen molar-refractivity contribution in [3.05, 3.63) is 35.4 Å². The first kappa shape index (κ1) is 15.5. The van der Waals surface area contributed by atoms with Crippen molar-refractivity contribution in [1.82, 2.24) is 0 Å². The molecular weight excluding hydrogens is 272 g/mol. The Morgan fingerprint density at radius 2 is 1.85 bits per heavy atom. The molecule has 1 unspecified atom stereocenters. The molecule has 1 heterocycles. The molecule has 1 aromatic carbocycles. The van der Waals surface area contributed by atoms with Crippen LogP contribution in [0.1, 0.15) is 44.7 Å². The van der Waals surface area contributed by atoms with Crippen molar-refractivity contribution in [2.24, 2.45) is 0 Å². The van der Waals surface area contributed by atoms with Gasteiger partial charge in [0.2, 0.25) is 0 Å². The fraction of sp³-hybridized carbons (Fsp3) is 0.625. The summed E-state index contributed by atoms with van der Waals surface area (Å²) < 4.78 is 29.7. The molecule has 3 nitrogen and oxygen atoms in total. The third kappa shape index (κ3) is 4.32. The van der Waals surface area contributed by atoms with Gasteiger partial charge >= 0.3 is 0 Å². The molecule has 0 amide bonds. The van der Waals surface area contributed by atoms with Gasteiger partial charge in [-0.1, -0.05) is 45.0 Å². The highest BCUT2D eigenvalue weighted by molar-refractivity contribution is 7.90. The van der Waals surface area contributed by atoms with Crippen LogP contribution in [0.4, 0.5) is 0 Å². The fourth-order valence-corrected chi connectivity index (χ4v) is 4.12. The molecule has 1 saturated heterocycles. The van der Waals surface area contributed by atoms with Crippen molar-refractivity contribution in [2.45, 2.75) is 50.9 Å². The second-order valence-electron chi connectivity index (χ2n) is 6.64. The molecule has 1 aliphatic rings. The number of ether oxygens (including phenoxy) is 1. The van der Waals surface area contributed by atoms with Gasteiger partial charge in [-0.25, -0.2) is 8.42 Å². The van der Waals surface area contributed by atoms with E-state index in [0.717, 1.165) is 18.4 Å². The zero-order valence-electron chi connectivity index (χ0n) is 12.6. The van der Waals surface area contributed by atoms with Crippen LogP contribution in [0.25, 0.3) is 0 Å². The molecule has 0 radical (unpaired) electrons. The van der Waals surface area contributed by atoms with Crippen molar-refractivity contribution in [2.75, 3.05) is 12.4 Å². The van der Waals surface area contributed by atoms with Gasteiger partial charge < -0.3 is 4.74 Å². The third-order valence-electron chi connectivity index (χ3n) is 3.67. The first-order valence-electron chi connectivity index (χ1n) is 7.18. The lowest BCUT2D eigenvalue weighted by molar-refractivity contribution is 0.127. The Kier molecular flexibility index (Phi) is 4.55. The van der Waals surface area contributed by atoms with E-state index in [0.29, 0.717) is 6.61 Å². The van der Waals surface area contributed by atoms with E-state index in [1.54, 1.807) is 0 Å². The molecular formula is C16H24O3S. The van der Waals surface area contributed by atoms with Gasteiger partial charge in [-0.15, -0.1) is 0 Å². The summed E-state index contributed by atoms with van der Waals surface area (Å²) in [6.07, 6.45) is 1.73. The number of hydrogen-bond acceptors (Lipinski definition) is 3. The number of rotatable bonds is 4. The summed E-state index contributed by atoms with van der Waals surface area (Å²) in [5.74, 6) is 0.255. The summed E-state index contributed by atoms with van der Waals surface area (Å²) >= 11 is 0. The predicted molar refractivity (Wildman–Crippen MR) is 81.6 cm³/mol. The summed E-state index contributed by atoms with van der Waals surface area (Å²) in [5.41, 5.74) is 2.17. The quantitative estimate of drug-likeness (QED) is 0.857. The molecule has 2 rings (SSSR count). The Morgan fingerprint density at radius 1 is 1.20 bits per heavy atom. The minimum absolute atomic E-state index is 0.0924. The van der Waals surface area contributed by atoms with Gasteiger partial charge in [-0.05, 0) is 29.4 Å². The van der Waals surface area contributed by atoms with Crippen LogP contribution >= 0.6 is 0 Å². The summed E-state index contributed by atoms with van der Waals surface area (Å²) in [4.78, 5) is 0. The number of hydrogen-bond donors (Lipinski definition) is 0. The van der Waals surface area contributed by atoms with E-state index in [-0.39, 0.29) is 23.0 Å². The van der Waals surface area contributed by atoms with Crippen LogP contribution in [-0.4, -0.2) is 26.9 Å². The lowest BCUT2D eigenvalue weighted by atomic mass is 9.87. The molecule has 0 bridgehead atoms. The smallest absolute Gasteiger partial charge is 0.156 e. The Morgan fingerprint density at radius 3 is 2.35 bits per heavy atom. The third-order valence-corrected chi connectivity index (χ3v) is 5.32. The second-order valence-corrected chi connectivity index (χ2v) is 8.75. The highest BCUT2D eigenvalue weighted by atomic mass is 32.2. The van der Waals surface area contributed by atoms with Gasteiger partial charge in [0, 0.05) is 6.61 Å². The van der Waals surface area contributed by atoms with E-state index in [9.17, 15) is 8.42 Å². The average molecular weight is 296 g/mol. The average Bonchev–Trinajstić information content (AvgIpc) is 2.79. The van der Waals surface area contributed by atoms with Gasteiger partial charge in [0.15, 0.2) is 9.84 Å². The maximum Gasteiger partial charge on any atom is 0.156 e. The molecule has 1 atom stereocenters. The highest BCUT2D eigenvalue weighted by Crippen LogP contribution is 2.23. The van der Waals surface area contributed by atoms with E-state index in [2.05, 4.69) is 20.8 Å². The maximum absolute atomic E-state index is 12.2. The molecule has 0 N–H and O–H groups in total. The molecule has 1 aliphatic heterocycles. The topological polar surface area (TPSA) is 43.4 Å². The standard InChI is InChI=1S/C16H24O3S/c1-16(2,3)14-8-6-13(7-9-14)11-20(17,18)12-15-5-4-10-19-15/h6-9,15H,4-5,10-12H2,1-3H3. The predicted octanol–water partition coefficient (Wildman–Crippen LogP) is 3.08. The Labute approximate surface area is 122 Å². The normalized spacial score (nSPS) is 20.2. The second kappa shape index (κ2) is 5.86. The van der Waals surface area contributed by atoms with Crippen LogP contribution in [0.2, 0.25) is 0 Å². The minimum Gasteiger partial charge on any atom is -0.377 e. The maximum atomic E-state index is 12.2. The van der Waals surface area contributed by atoms with Gasteiger partial charge in [0.05, 0.1) is 17.6 Å². The Hall–Kier alpha value is -0.870. The Bertz CT molecular complexity index is 532. The monoisotopic (exact) mass is 296 g/mol. The van der Waals surface area contributed by atoms with Gasteiger partial charge in [0.1, 0.15) is 0 Å².